The maximum Gasteiger partial charge on any atom is 0.278 e. The number of nitrogens with one attached hydrogen (secondary N) is 2. The van der Waals surface area contributed by atoms with Gasteiger partial charge in [-0.05, 0) is 11.6 Å². The summed E-state index contributed by atoms with van der Waals surface area (Å²) in [4.78, 5) is 28.8. The average molecular weight is 288 g/mol. The van der Waals surface area contributed by atoms with E-state index in [9.17, 15) is 4.79 Å². The SMILES string of the molecule is [N-]=[N+]=Nc1csc(Cc2nc3nc(N)[nH]c(=O)c3[nH]2)c1. The van der Waals surface area contributed by atoms with Crippen molar-refractivity contribution < 1.29 is 0 Å². The van der Waals surface area contributed by atoms with Gasteiger partial charge in [-0.15, -0.1) is 11.3 Å². The third kappa shape index (κ3) is 2.20. The first-order chi connectivity index (χ1) is 9.65. The highest BCUT2D eigenvalue weighted by Crippen LogP contribution is 2.24. The zero-order chi connectivity index (χ0) is 14.1. The highest BCUT2D eigenvalue weighted by Gasteiger charge is 2.10. The van der Waals surface area contributed by atoms with Crippen molar-refractivity contribution in [3.05, 3.63) is 42.9 Å². The topological polar surface area (TPSA) is 149 Å². The first-order valence-corrected chi connectivity index (χ1v) is 6.40. The van der Waals surface area contributed by atoms with Crippen LogP contribution < -0.4 is 11.3 Å². The molecule has 0 aliphatic rings. The van der Waals surface area contributed by atoms with Gasteiger partial charge in [-0.25, -0.2) is 4.98 Å². The molecule has 0 aliphatic heterocycles. The van der Waals surface area contributed by atoms with Gasteiger partial charge in [-0.3, -0.25) is 9.78 Å². The molecule has 3 rings (SSSR count). The van der Waals surface area contributed by atoms with E-state index in [0.29, 0.717) is 23.4 Å². The lowest BCUT2D eigenvalue weighted by Crippen LogP contribution is -2.10. The monoisotopic (exact) mass is 288 g/mol. The Morgan fingerprint density at radius 3 is 3.10 bits per heavy atom. The average Bonchev–Trinajstić information content (AvgIpc) is 2.97. The molecule has 0 radical (unpaired) electrons. The minimum atomic E-state index is -0.354. The molecule has 10 heteroatoms. The normalized spacial score (nSPS) is 10.6. The smallest absolute Gasteiger partial charge is 0.278 e. The number of hydrogen-bond acceptors (Lipinski definition) is 6. The number of imidazole rings is 1. The maximum atomic E-state index is 11.7. The molecule has 0 atom stereocenters. The van der Waals surface area contributed by atoms with Gasteiger partial charge in [0.15, 0.2) is 11.2 Å². The molecule has 20 heavy (non-hydrogen) atoms. The van der Waals surface area contributed by atoms with E-state index >= 15 is 0 Å². The van der Waals surface area contributed by atoms with E-state index in [1.165, 1.54) is 11.3 Å². The number of aromatic amines is 2. The third-order valence-electron chi connectivity index (χ3n) is 2.57. The molecule has 0 saturated carbocycles. The number of nitrogens with zero attached hydrogens (tertiary/aromatic N) is 5. The second kappa shape index (κ2) is 4.68. The van der Waals surface area contributed by atoms with Crippen LogP contribution in [0.5, 0.6) is 0 Å². The minimum Gasteiger partial charge on any atom is -0.369 e. The second-order valence-electron chi connectivity index (χ2n) is 3.97. The predicted molar refractivity (Wildman–Crippen MR) is 74.9 cm³/mol. The summed E-state index contributed by atoms with van der Waals surface area (Å²) in [6.07, 6.45) is 0.487. The van der Waals surface area contributed by atoms with Gasteiger partial charge in [-0.2, -0.15) is 4.98 Å². The highest BCUT2D eigenvalue weighted by atomic mass is 32.1. The van der Waals surface area contributed by atoms with E-state index < -0.39 is 0 Å². The number of fused-ring (bicyclic) bond motifs is 1. The fourth-order valence-electron chi connectivity index (χ4n) is 1.79. The molecular formula is C10H8N8OS. The van der Waals surface area contributed by atoms with Crippen molar-refractivity contribution in [3.63, 3.8) is 0 Å². The second-order valence-corrected chi connectivity index (χ2v) is 4.97. The Hall–Kier alpha value is -2.84. The molecule has 3 aromatic rings. The highest BCUT2D eigenvalue weighted by molar-refractivity contribution is 7.10. The van der Waals surface area contributed by atoms with Crippen molar-refractivity contribution in [2.45, 2.75) is 6.42 Å². The molecule has 0 bridgehead atoms. The van der Waals surface area contributed by atoms with Crippen molar-refractivity contribution in [1.29, 1.82) is 0 Å². The van der Waals surface area contributed by atoms with Crippen LogP contribution in [-0.2, 0) is 6.42 Å². The summed E-state index contributed by atoms with van der Waals surface area (Å²) in [6, 6.07) is 1.77. The summed E-state index contributed by atoms with van der Waals surface area (Å²) >= 11 is 1.45. The van der Waals surface area contributed by atoms with Crippen LogP contribution >= 0.6 is 11.3 Å². The first kappa shape index (κ1) is 12.2. The number of H-pyrrole nitrogens is 2. The molecule has 0 aliphatic carbocycles. The molecule has 0 amide bonds. The number of nitrogens with two attached hydrogens (primary N) is 1. The molecule has 0 spiro atoms. The largest absolute Gasteiger partial charge is 0.369 e. The number of hydrogen-bond donors (Lipinski definition) is 3. The van der Waals surface area contributed by atoms with Gasteiger partial charge in [0, 0.05) is 27.3 Å². The lowest BCUT2D eigenvalue weighted by atomic mass is 10.3. The molecule has 0 aromatic carbocycles. The van der Waals surface area contributed by atoms with Gasteiger partial charge in [0.1, 0.15) is 5.82 Å². The van der Waals surface area contributed by atoms with E-state index in [4.69, 9.17) is 11.3 Å². The van der Waals surface area contributed by atoms with Crippen LogP contribution in [0.2, 0.25) is 0 Å². The number of rotatable bonds is 3. The molecule has 0 unspecified atom stereocenters. The van der Waals surface area contributed by atoms with Crippen LogP contribution in [-0.4, -0.2) is 19.9 Å². The van der Waals surface area contributed by atoms with Crippen LogP contribution in [0, 0.1) is 0 Å². The van der Waals surface area contributed by atoms with Gasteiger partial charge in [0.05, 0.1) is 0 Å². The zero-order valence-electron chi connectivity index (χ0n) is 9.99. The summed E-state index contributed by atoms with van der Waals surface area (Å²) in [5.41, 5.74) is 14.6. The summed E-state index contributed by atoms with van der Waals surface area (Å²) in [5, 5.41) is 5.26. The maximum absolute atomic E-state index is 11.7. The minimum absolute atomic E-state index is 0.0299. The molecule has 3 aromatic heterocycles. The predicted octanol–water partition coefficient (Wildman–Crippen LogP) is 1.82. The summed E-state index contributed by atoms with van der Waals surface area (Å²) in [6.45, 7) is 0. The zero-order valence-corrected chi connectivity index (χ0v) is 10.8. The van der Waals surface area contributed by atoms with Crippen LogP contribution in [0.15, 0.2) is 21.4 Å². The number of azide groups is 1. The first-order valence-electron chi connectivity index (χ1n) is 5.52. The Kier molecular flexibility index (Phi) is 2.86. The van der Waals surface area contributed by atoms with Crippen molar-refractivity contribution in [3.8, 4) is 0 Å². The Labute approximate surface area is 115 Å². The summed E-state index contributed by atoms with van der Waals surface area (Å²) in [5.74, 6) is 0.625. The van der Waals surface area contributed by atoms with Crippen LogP contribution in [0.25, 0.3) is 21.6 Å². The van der Waals surface area contributed by atoms with E-state index in [0.717, 1.165) is 4.88 Å². The van der Waals surface area contributed by atoms with Crippen molar-refractivity contribution in [2.75, 3.05) is 5.73 Å². The Bertz CT molecular complexity index is 884. The van der Waals surface area contributed by atoms with Crippen molar-refractivity contribution >= 4 is 34.1 Å². The molecule has 4 N–H and O–H groups in total. The Morgan fingerprint density at radius 2 is 2.30 bits per heavy atom. The molecule has 100 valence electrons. The fraction of sp³-hybridized carbons (Fsp3) is 0.100. The van der Waals surface area contributed by atoms with Crippen LogP contribution in [0.1, 0.15) is 10.7 Å². The Balaban J connectivity index is 1.96. The van der Waals surface area contributed by atoms with Gasteiger partial charge in [-0.1, -0.05) is 5.11 Å². The van der Waals surface area contributed by atoms with E-state index in [2.05, 4.69) is 30.0 Å². The van der Waals surface area contributed by atoms with Crippen molar-refractivity contribution in [1.82, 2.24) is 19.9 Å². The van der Waals surface area contributed by atoms with Gasteiger partial charge < -0.3 is 10.7 Å². The number of anilines is 1. The standard InChI is InChI=1S/C10H8N8OS/c11-10-15-8-7(9(19)16-10)13-6(14-8)2-5-1-4(3-20-5)17-18-12/h1,3H,2H2,(H4,11,13,14,15,16,19). The molecule has 9 nitrogen and oxygen atoms in total. The van der Waals surface area contributed by atoms with Gasteiger partial charge >= 0.3 is 0 Å². The van der Waals surface area contributed by atoms with Gasteiger partial charge in [0.25, 0.3) is 5.56 Å². The molecular weight excluding hydrogens is 280 g/mol. The number of thiophene rings is 1. The summed E-state index contributed by atoms with van der Waals surface area (Å²) in [7, 11) is 0. The molecule has 0 fully saturated rings. The quantitative estimate of drug-likeness (QED) is 0.382. The van der Waals surface area contributed by atoms with E-state index in [-0.39, 0.29) is 17.2 Å². The number of aromatic nitrogens is 4. The molecule has 3 heterocycles. The Morgan fingerprint density at radius 1 is 1.45 bits per heavy atom. The van der Waals surface area contributed by atoms with E-state index in [1.54, 1.807) is 11.4 Å². The van der Waals surface area contributed by atoms with Crippen LogP contribution in [0.4, 0.5) is 11.6 Å². The van der Waals surface area contributed by atoms with Crippen LogP contribution in [0.3, 0.4) is 0 Å². The summed E-state index contributed by atoms with van der Waals surface area (Å²) < 4.78 is 0. The number of nitrogen functional groups attached to an aromatic ring is 1. The van der Waals surface area contributed by atoms with Crippen molar-refractivity contribution in [2.24, 2.45) is 5.11 Å². The lowest BCUT2D eigenvalue weighted by molar-refractivity contribution is 1.05. The molecule has 0 saturated heterocycles. The van der Waals surface area contributed by atoms with Gasteiger partial charge in [0.2, 0.25) is 5.95 Å². The van der Waals surface area contributed by atoms with E-state index in [1.807, 2.05) is 0 Å². The fourth-order valence-corrected chi connectivity index (χ4v) is 2.58. The lowest BCUT2D eigenvalue weighted by Gasteiger charge is -1.90. The third-order valence-corrected chi connectivity index (χ3v) is 3.49.